The zero-order valence-electron chi connectivity index (χ0n) is 34.4. The van der Waals surface area contributed by atoms with E-state index in [0.29, 0.717) is 38.5 Å². The highest BCUT2D eigenvalue weighted by atomic mass is 35.5. The number of Topliss-reactive ketones (excluding diaryl/α,β-unsaturated/α-hetero) is 1. The normalized spacial score (nSPS) is 41.1. The lowest BCUT2D eigenvalue weighted by Crippen LogP contribution is -2.58. The summed E-state index contributed by atoms with van der Waals surface area (Å²) in [6.45, 7) is 11.4. The Labute approximate surface area is 355 Å². The van der Waals surface area contributed by atoms with Gasteiger partial charge in [-0.25, -0.2) is 9.59 Å². The zero-order chi connectivity index (χ0) is 42.8. The van der Waals surface area contributed by atoms with Crippen molar-refractivity contribution in [2.24, 2.45) is 40.4 Å². The van der Waals surface area contributed by atoms with Gasteiger partial charge in [0.1, 0.15) is 11.3 Å². The fraction of sp³-hybridized carbons (Fsp3) is 0.600. The minimum Gasteiger partial charge on any atom is -0.507 e. The van der Waals surface area contributed by atoms with E-state index in [1.54, 1.807) is 19.9 Å². The van der Waals surface area contributed by atoms with Crippen molar-refractivity contribution in [3.63, 3.8) is 0 Å². The average molecular weight is 856 g/mol. The molecule has 5 N–H and O–H groups in total. The van der Waals surface area contributed by atoms with E-state index in [0.717, 1.165) is 5.57 Å². The number of carboxylic acid groups (broad SMARTS) is 1. The molecule has 4 aliphatic carbocycles. The predicted molar refractivity (Wildman–Crippen MR) is 220 cm³/mol. The number of aliphatic hydroxyl groups excluding tert-OH is 2. The van der Waals surface area contributed by atoms with Crippen LogP contribution in [-0.4, -0.2) is 80.2 Å². The molecule has 7 rings (SSSR count). The Morgan fingerprint density at radius 3 is 2.49 bits per heavy atom. The maximum absolute atomic E-state index is 15.6. The van der Waals surface area contributed by atoms with Gasteiger partial charge in [0, 0.05) is 35.9 Å². The molecular formula is C45H56Cl2N2O10. The number of aromatic amines is 1. The summed E-state index contributed by atoms with van der Waals surface area (Å²) < 4.78 is 19.4. The number of hydrogen-bond donors (Lipinski definition) is 5. The van der Waals surface area contributed by atoms with Crippen molar-refractivity contribution in [3.8, 4) is 0 Å². The van der Waals surface area contributed by atoms with E-state index in [1.165, 1.54) is 6.20 Å². The van der Waals surface area contributed by atoms with Crippen LogP contribution in [0.1, 0.15) is 103 Å². The fourth-order valence-corrected chi connectivity index (χ4v) is 11.7. The molecule has 14 heteroatoms. The van der Waals surface area contributed by atoms with Crippen LogP contribution in [0.4, 0.5) is 0 Å². The third-order valence-corrected chi connectivity index (χ3v) is 15.2. The van der Waals surface area contributed by atoms with Crippen molar-refractivity contribution in [1.82, 2.24) is 10.3 Å². The van der Waals surface area contributed by atoms with Gasteiger partial charge in [-0.15, -0.1) is 0 Å². The summed E-state index contributed by atoms with van der Waals surface area (Å²) in [5.74, 6) is -4.78. The molecule has 1 amide bonds. The number of carboxylic acids is 1. The van der Waals surface area contributed by atoms with Gasteiger partial charge in [-0.05, 0) is 83.0 Å². The summed E-state index contributed by atoms with van der Waals surface area (Å²) in [6.07, 6.45) is 13.6. The first-order chi connectivity index (χ1) is 27.9. The van der Waals surface area contributed by atoms with E-state index in [9.17, 15) is 29.7 Å². The molecule has 1 saturated heterocycles. The molecule has 1 saturated carbocycles. The largest absolute Gasteiger partial charge is 0.507 e. The van der Waals surface area contributed by atoms with Crippen molar-refractivity contribution >= 4 is 46.8 Å². The Morgan fingerprint density at radius 2 is 1.85 bits per heavy atom. The first-order valence-electron chi connectivity index (χ1n) is 20.9. The van der Waals surface area contributed by atoms with E-state index in [1.807, 2.05) is 26.8 Å². The molecule has 320 valence electrons. The second kappa shape index (κ2) is 16.3. The predicted octanol–water partition coefficient (Wildman–Crippen LogP) is 7.97. The first-order valence-corrected chi connectivity index (χ1v) is 21.7. The van der Waals surface area contributed by atoms with Crippen molar-refractivity contribution in [2.45, 2.75) is 129 Å². The lowest BCUT2D eigenvalue weighted by Gasteiger charge is -2.54. The molecule has 0 aromatic carbocycles. The van der Waals surface area contributed by atoms with Gasteiger partial charge < -0.3 is 39.8 Å². The topological polar surface area (TPSA) is 184 Å². The van der Waals surface area contributed by atoms with Gasteiger partial charge in [0.05, 0.1) is 39.8 Å². The fourth-order valence-electron chi connectivity index (χ4n) is 11.3. The number of allylic oxidation sites excluding steroid dienone is 4. The maximum atomic E-state index is 15.6. The summed E-state index contributed by atoms with van der Waals surface area (Å²) >= 11 is 12.2. The molecule has 1 aromatic rings. The molecule has 12 nitrogen and oxygen atoms in total. The van der Waals surface area contributed by atoms with Gasteiger partial charge in [0.2, 0.25) is 0 Å². The molecule has 2 aliphatic heterocycles. The number of carbonyl (C=O) groups is 4. The average Bonchev–Trinajstić information content (AvgIpc) is 3.65. The molecule has 1 spiro atoms. The minimum atomic E-state index is -1.68. The van der Waals surface area contributed by atoms with Gasteiger partial charge in [0.25, 0.3) is 5.91 Å². The Kier molecular flexibility index (Phi) is 12.0. The number of nitrogens with one attached hydrogen (secondary N) is 2. The van der Waals surface area contributed by atoms with Gasteiger partial charge in [-0.2, -0.15) is 0 Å². The third kappa shape index (κ3) is 7.14. The highest BCUT2D eigenvalue weighted by Gasteiger charge is 2.66. The summed E-state index contributed by atoms with van der Waals surface area (Å²) in [6, 6.07) is -0.763. The molecule has 3 heterocycles. The lowest BCUT2D eigenvalue weighted by atomic mass is 9.50. The van der Waals surface area contributed by atoms with Crippen molar-refractivity contribution in [3.05, 3.63) is 80.9 Å². The van der Waals surface area contributed by atoms with Crippen LogP contribution in [0.5, 0.6) is 0 Å². The van der Waals surface area contributed by atoms with Crippen LogP contribution in [0.25, 0.3) is 0 Å². The number of amides is 1. The zero-order valence-corrected chi connectivity index (χ0v) is 35.9. The molecule has 2 fully saturated rings. The van der Waals surface area contributed by atoms with Crippen LogP contribution in [-0.2, 0) is 28.6 Å². The number of ketones is 1. The highest BCUT2D eigenvalue weighted by Crippen LogP contribution is 2.61. The molecular weight excluding hydrogens is 799 g/mol. The van der Waals surface area contributed by atoms with Gasteiger partial charge >= 0.3 is 11.9 Å². The summed E-state index contributed by atoms with van der Waals surface area (Å²) in [5.41, 5.74) is -3.26. The van der Waals surface area contributed by atoms with Crippen LogP contribution in [0.3, 0.4) is 0 Å². The number of aliphatic hydroxyl groups is 2. The lowest BCUT2D eigenvalue weighted by molar-refractivity contribution is -0.257. The SMILES string of the molecule is CCC1CC23OC(=O)C(=C2O)C(=O)C2(CC)C(C=CC4C(OC5CC(O)C(NC(=O)c6[nH]cc(Cl)c6Cl)C(C)O5)C(C)CCC42)C/C=C/C/C(C)=C/C3(C)C=C1C(=O)O. The summed E-state index contributed by atoms with van der Waals surface area (Å²) in [4.78, 5) is 58.2. The number of esters is 1. The quantitative estimate of drug-likeness (QED) is 0.102. The highest BCUT2D eigenvalue weighted by molar-refractivity contribution is 6.43. The molecule has 59 heavy (non-hydrogen) atoms. The van der Waals surface area contributed by atoms with E-state index >= 15 is 4.79 Å². The van der Waals surface area contributed by atoms with Gasteiger partial charge in [-0.1, -0.05) is 86.0 Å². The molecule has 13 unspecified atom stereocenters. The van der Waals surface area contributed by atoms with Crippen molar-refractivity contribution < 1.29 is 48.7 Å². The smallest absolute Gasteiger partial charge is 0.346 e. The van der Waals surface area contributed by atoms with Crippen LogP contribution in [0.15, 0.2) is 65.1 Å². The van der Waals surface area contributed by atoms with Crippen LogP contribution in [0, 0.1) is 40.4 Å². The first kappa shape index (κ1) is 43.4. The van der Waals surface area contributed by atoms with E-state index in [-0.39, 0.29) is 63.4 Å². The third-order valence-electron chi connectivity index (χ3n) is 14.5. The summed E-state index contributed by atoms with van der Waals surface area (Å²) in [5, 5.41) is 37.1. The van der Waals surface area contributed by atoms with E-state index in [2.05, 4.69) is 41.5 Å². The second-order valence-corrected chi connectivity index (χ2v) is 18.6. The monoisotopic (exact) mass is 854 g/mol. The van der Waals surface area contributed by atoms with Gasteiger partial charge in [0.15, 0.2) is 23.4 Å². The number of aliphatic carboxylic acids is 1. The number of rotatable bonds is 7. The second-order valence-electron chi connectivity index (χ2n) is 17.8. The Balaban J connectivity index is 1.22. The molecule has 13 atom stereocenters. The number of H-pyrrole nitrogens is 1. The van der Waals surface area contributed by atoms with Crippen LogP contribution in [0.2, 0.25) is 10.0 Å². The molecule has 0 radical (unpaired) electrons. The Bertz CT molecular complexity index is 2040. The van der Waals surface area contributed by atoms with E-state index in [4.69, 9.17) is 37.4 Å². The van der Waals surface area contributed by atoms with E-state index < -0.39 is 82.4 Å². The van der Waals surface area contributed by atoms with Crippen LogP contribution < -0.4 is 5.32 Å². The number of aromatic nitrogens is 1. The standard InChI is InChI=1S/C45H56Cl2N2O10/c1-7-25-19-45-39(52)33(42(56)59-45)38(51)44(8-2)26(12-10-9-11-22(3)18-43(45,6)20-28(25)41(54)55)14-15-27-29(44)16-13-23(4)37(27)58-32-17-31(50)35(24(5)57-32)49-40(53)36-34(47)30(46)21-48-36/h9-10,14-15,18,20-21,23-27,29,31-32,35,37,48,50,52H,7-8,11-13,16-17,19H2,1-6H3,(H,49,53)(H,54,55)/b10-9+,22-18+. The number of fused-ring (bicyclic) bond motifs is 3. The number of carbonyl (C=O) groups excluding carboxylic acids is 3. The maximum Gasteiger partial charge on any atom is 0.346 e. The molecule has 2 bridgehead atoms. The minimum absolute atomic E-state index is 0.0122. The number of hydrogen-bond acceptors (Lipinski definition) is 9. The Hall–Kier alpha value is -3.68. The van der Waals surface area contributed by atoms with Crippen molar-refractivity contribution in [1.29, 1.82) is 0 Å². The molecule has 1 aromatic heterocycles. The summed E-state index contributed by atoms with van der Waals surface area (Å²) in [7, 11) is 0. The molecule has 6 aliphatic rings. The van der Waals surface area contributed by atoms with Crippen molar-refractivity contribution in [2.75, 3.05) is 0 Å². The Morgan fingerprint density at radius 1 is 1.10 bits per heavy atom. The van der Waals surface area contributed by atoms with Crippen LogP contribution >= 0.6 is 23.2 Å². The number of halogens is 2. The van der Waals surface area contributed by atoms with Gasteiger partial charge in [-0.3, -0.25) is 9.59 Å². The number of ether oxygens (including phenoxy) is 3.